The second kappa shape index (κ2) is 5.53. The second-order valence-corrected chi connectivity index (χ2v) is 5.58. The summed E-state index contributed by atoms with van der Waals surface area (Å²) in [5.41, 5.74) is 1.92. The molecule has 0 saturated heterocycles. The van der Waals surface area contributed by atoms with Gasteiger partial charge in [-0.05, 0) is 49.4 Å². The molecule has 2 unspecified atom stereocenters. The van der Waals surface area contributed by atoms with Crippen LogP contribution in [0.1, 0.15) is 47.2 Å². The SMILES string of the molecule is Cc1ccc(F)c(C(O)C2CCCc3cccnc32)c1F. The van der Waals surface area contributed by atoms with Gasteiger partial charge in [0.2, 0.25) is 0 Å². The predicted octanol–water partition coefficient (Wildman–Crippen LogP) is 3.82. The van der Waals surface area contributed by atoms with Gasteiger partial charge >= 0.3 is 0 Å². The molecule has 0 saturated carbocycles. The van der Waals surface area contributed by atoms with Crippen LogP contribution in [-0.2, 0) is 6.42 Å². The summed E-state index contributed by atoms with van der Waals surface area (Å²) in [6, 6.07) is 6.40. The molecule has 2 atom stereocenters. The summed E-state index contributed by atoms with van der Waals surface area (Å²) in [4.78, 5) is 4.32. The van der Waals surface area contributed by atoms with Crippen molar-refractivity contribution < 1.29 is 13.9 Å². The molecule has 1 aliphatic rings. The summed E-state index contributed by atoms with van der Waals surface area (Å²) in [5, 5.41) is 10.6. The maximum Gasteiger partial charge on any atom is 0.134 e. The van der Waals surface area contributed by atoms with E-state index in [0.29, 0.717) is 12.0 Å². The highest BCUT2D eigenvalue weighted by molar-refractivity contribution is 5.34. The number of aliphatic hydroxyl groups is 1. The number of nitrogens with zero attached hydrogens (tertiary/aromatic N) is 1. The molecule has 0 radical (unpaired) electrons. The van der Waals surface area contributed by atoms with Gasteiger partial charge in [-0.1, -0.05) is 12.1 Å². The van der Waals surface area contributed by atoms with Crippen LogP contribution in [0.25, 0.3) is 0 Å². The predicted molar refractivity (Wildman–Crippen MR) is 76.0 cm³/mol. The number of aryl methyl sites for hydroxylation is 2. The van der Waals surface area contributed by atoms with Crippen LogP contribution in [0.15, 0.2) is 30.5 Å². The standard InChI is InChI=1S/C17H17F2NO/c1-10-7-8-13(18)14(15(10)19)17(21)12-6-2-4-11-5-3-9-20-16(11)12/h3,5,7-9,12,17,21H,2,4,6H2,1H3. The summed E-state index contributed by atoms with van der Waals surface area (Å²) in [6.45, 7) is 1.57. The van der Waals surface area contributed by atoms with E-state index in [9.17, 15) is 13.9 Å². The van der Waals surface area contributed by atoms with Crippen molar-refractivity contribution >= 4 is 0 Å². The fourth-order valence-electron chi connectivity index (χ4n) is 3.10. The van der Waals surface area contributed by atoms with Gasteiger partial charge < -0.3 is 5.11 Å². The molecule has 4 heteroatoms. The van der Waals surface area contributed by atoms with Crippen LogP contribution >= 0.6 is 0 Å². The molecule has 0 amide bonds. The van der Waals surface area contributed by atoms with Gasteiger partial charge in [0.1, 0.15) is 11.6 Å². The third kappa shape index (κ3) is 2.44. The van der Waals surface area contributed by atoms with Gasteiger partial charge in [0, 0.05) is 17.8 Å². The zero-order valence-corrected chi connectivity index (χ0v) is 11.8. The number of hydrogen-bond acceptors (Lipinski definition) is 2. The van der Waals surface area contributed by atoms with E-state index in [1.54, 1.807) is 13.1 Å². The fourth-order valence-corrected chi connectivity index (χ4v) is 3.10. The summed E-state index contributed by atoms with van der Waals surface area (Å²) < 4.78 is 28.2. The maximum absolute atomic E-state index is 14.2. The van der Waals surface area contributed by atoms with Gasteiger partial charge in [-0.3, -0.25) is 4.98 Å². The highest BCUT2D eigenvalue weighted by Crippen LogP contribution is 2.40. The maximum atomic E-state index is 14.2. The summed E-state index contributed by atoms with van der Waals surface area (Å²) in [7, 11) is 0. The highest BCUT2D eigenvalue weighted by atomic mass is 19.1. The van der Waals surface area contributed by atoms with Crippen LogP contribution in [-0.4, -0.2) is 10.1 Å². The van der Waals surface area contributed by atoms with Crippen molar-refractivity contribution in [3.63, 3.8) is 0 Å². The first-order valence-corrected chi connectivity index (χ1v) is 7.16. The first kappa shape index (κ1) is 14.1. The lowest BCUT2D eigenvalue weighted by molar-refractivity contribution is 0.125. The molecular weight excluding hydrogens is 272 g/mol. The molecule has 0 aliphatic heterocycles. The average molecular weight is 289 g/mol. The number of pyridine rings is 1. The molecule has 3 rings (SSSR count). The molecule has 21 heavy (non-hydrogen) atoms. The molecule has 0 fully saturated rings. The minimum Gasteiger partial charge on any atom is -0.387 e. The Morgan fingerprint density at radius 3 is 2.90 bits per heavy atom. The first-order valence-electron chi connectivity index (χ1n) is 7.16. The van der Waals surface area contributed by atoms with Crippen molar-refractivity contribution in [2.45, 2.75) is 38.2 Å². The van der Waals surface area contributed by atoms with Gasteiger partial charge in [-0.2, -0.15) is 0 Å². The molecule has 2 nitrogen and oxygen atoms in total. The number of aliphatic hydroxyl groups excluding tert-OH is 1. The number of benzene rings is 1. The summed E-state index contributed by atoms with van der Waals surface area (Å²) in [6.07, 6.45) is 2.91. The van der Waals surface area contributed by atoms with E-state index in [0.717, 1.165) is 24.1 Å². The highest BCUT2D eigenvalue weighted by Gasteiger charge is 2.32. The van der Waals surface area contributed by atoms with Crippen molar-refractivity contribution in [2.24, 2.45) is 0 Å². The molecule has 0 bridgehead atoms. The van der Waals surface area contributed by atoms with Gasteiger partial charge in [-0.25, -0.2) is 8.78 Å². The van der Waals surface area contributed by atoms with Crippen LogP contribution in [0.3, 0.4) is 0 Å². The Kier molecular flexibility index (Phi) is 3.72. The Balaban J connectivity index is 2.05. The van der Waals surface area contributed by atoms with E-state index >= 15 is 0 Å². The zero-order valence-electron chi connectivity index (χ0n) is 11.8. The van der Waals surface area contributed by atoms with Crippen LogP contribution in [0.4, 0.5) is 8.78 Å². The third-order valence-corrected chi connectivity index (χ3v) is 4.24. The monoisotopic (exact) mass is 289 g/mol. The lowest BCUT2D eigenvalue weighted by atomic mass is 9.80. The fraction of sp³-hybridized carbons (Fsp3) is 0.353. The van der Waals surface area contributed by atoms with Crippen LogP contribution in [0, 0.1) is 18.6 Å². The van der Waals surface area contributed by atoms with Gasteiger partial charge in [-0.15, -0.1) is 0 Å². The molecule has 1 aliphatic carbocycles. The summed E-state index contributed by atoms with van der Waals surface area (Å²) in [5.74, 6) is -1.72. The Hall–Kier alpha value is -1.81. The molecule has 1 aromatic heterocycles. The van der Waals surface area contributed by atoms with Crippen molar-refractivity contribution in [3.8, 4) is 0 Å². The number of aromatic nitrogens is 1. The Morgan fingerprint density at radius 1 is 1.29 bits per heavy atom. The lowest BCUT2D eigenvalue weighted by Gasteiger charge is -2.29. The van der Waals surface area contributed by atoms with Crippen LogP contribution < -0.4 is 0 Å². The lowest BCUT2D eigenvalue weighted by Crippen LogP contribution is -2.20. The van der Waals surface area contributed by atoms with E-state index in [2.05, 4.69) is 4.98 Å². The second-order valence-electron chi connectivity index (χ2n) is 5.58. The minimum atomic E-state index is -1.21. The number of fused-ring (bicyclic) bond motifs is 1. The molecule has 1 N–H and O–H groups in total. The van der Waals surface area contributed by atoms with Gasteiger partial charge in [0.05, 0.1) is 11.7 Å². The van der Waals surface area contributed by atoms with Crippen molar-refractivity contribution in [1.29, 1.82) is 0 Å². The molecule has 0 spiro atoms. The Bertz CT molecular complexity index is 672. The number of hydrogen-bond donors (Lipinski definition) is 1. The minimum absolute atomic E-state index is 0.237. The van der Waals surface area contributed by atoms with Crippen molar-refractivity contribution in [2.75, 3.05) is 0 Å². The molecular formula is C17H17F2NO. The summed E-state index contributed by atoms with van der Waals surface area (Å²) >= 11 is 0. The molecule has 1 aromatic carbocycles. The van der Waals surface area contributed by atoms with Gasteiger partial charge in [0.25, 0.3) is 0 Å². The number of rotatable bonds is 2. The van der Waals surface area contributed by atoms with E-state index in [-0.39, 0.29) is 11.5 Å². The van der Waals surface area contributed by atoms with Crippen molar-refractivity contribution in [3.05, 3.63) is 64.5 Å². The average Bonchev–Trinajstić information content (AvgIpc) is 2.50. The zero-order chi connectivity index (χ0) is 15.0. The molecule has 1 heterocycles. The van der Waals surface area contributed by atoms with E-state index in [1.165, 1.54) is 12.1 Å². The van der Waals surface area contributed by atoms with E-state index in [4.69, 9.17) is 0 Å². The smallest absolute Gasteiger partial charge is 0.134 e. The quantitative estimate of drug-likeness (QED) is 0.911. The van der Waals surface area contributed by atoms with E-state index < -0.39 is 17.7 Å². The molecule has 2 aromatic rings. The normalized spacial score (nSPS) is 19.1. The van der Waals surface area contributed by atoms with E-state index in [1.807, 2.05) is 12.1 Å². The first-order chi connectivity index (χ1) is 10.1. The van der Waals surface area contributed by atoms with Gasteiger partial charge in [0.15, 0.2) is 0 Å². The Morgan fingerprint density at radius 2 is 2.10 bits per heavy atom. The van der Waals surface area contributed by atoms with Crippen LogP contribution in [0.5, 0.6) is 0 Å². The van der Waals surface area contributed by atoms with Crippen LogP contribution in [0.2, 0.25) is 0 Å². The third-order valence-electron chi connectivity index (χ3n) is 4.24. The molecule has 110 valence electrons. The number of halogens is 2. The van der Waals surface area contributed by atoms with Crippen molar-refractivity contribution in [1.82, 2.24) is 4.98 Å². The largest absolute Gasteiger partial charge is 0.387 e. The Labute approximate surface area is 122 Å². The topological polar surface area (TPSA) is 33.1 Å².